The smallest absolute Gasteiger partial charge is 0.254 e. The Morgan fingerprint density at radius 1 is 1.06 bits per heavy atom. The summed E-state index contributed by atoms with van der Waals surface area (Å²) in [6.45, 7) is 2.59. The number of nitrogens with zero attached hydrogens (tertiary/aromatic N) is 4. The third-order valence-corrected chi connectivity index (χ3v) is 5.84. The maximum absolute atomic E-state index is 13.5. The van der Waals surface area contributed by atoms with Crippen LogP contribution in [-0.4, -0.2) is 49.7 Å². The molecular formula is C24H23N5O2. The lowest BCUT2D eigenvalue weighted by Crippen LogP contribution is -2.49. The average Bonchev–Trinajstić information content (AvgIpc) is 3.35. The zero-order valence-electron chi connectivity index (χ0n) is 17.2. The topological polar surface area (TPSA) is 84.0 Å². The summed E-state index contributed by atoms with van der Waals surface area (Å²) in [4.78, 5) is 24.1. The zero-order chi connectivity index (χ0) is 21.2. The summed E-state index contributed by atoms with van der Waals surface area (Å²) in [7, 11) is 0. The number of benzene rings is 2. The molecule has 0 spiro atoms. The fourth-order valence-corrected chi connectivity index (χ4v) is 4.16. The van der Waals surface area contributed by atoms with Crippen LogP contribution in [0.25, 0.3) is 22.2 Å². The summed E-state index contributed by atoms with van der Waals surface area (Å²) in [5, 5.41) is 8.85. The highest BCUT2D eigenvalue weighted by Crippen LogP contribution is 2.29. The van der Waals surface area contributed by atoms with Crippen molar-refractivity contribution in [2.24, 2.45) is 0 Å². The predicted molar refractivity (Wildman–Crippen MR) is 118 cm³/mol. The summed E-state index contributed by atoms with van der Waals surface area (Å²) in [5.41, 5.74) is 1.35. The van der Waals surface area contributed by atoms with Gasteiger partial charge >= 0.3 is 0 Å². The molecule has 0 radical (unpaired) electrons. The second kappa shape index (κ2) is 8.18. The molecule has 0 bridgehead atoms. The van der Waals surface area contributed by atoms with Gasteiger partial charge in [0.25, 0.3) is 5.91 Å². The van der Waals surface area contributed by atoms with Crippen LogP contribution in [0.5, 0.6) is 5.88 Å². The summed E-state index contributed by atoms with van der Waals surface area (Å²) in [6.07, 6.45) is 4.84. The van der Waals surface area contributed by atoms with Crippen molar-refractivity contribution < 1.29 is 9.53 Å². The summed E-state index contributed by atoms with van der Waals surface area (Å²) in [5.74, 6) is 1.17. The van der Waals surface area contributed by atoms with E-state index in [1.165, 1.54) is 6.33 Å². The zero-order valence-corrected chi connectivity index (χ0v) is 17.2. The van der Waals surface area contributed by atoms with Crippen molar-refractivity contribution in [1.29, 1.82) is 0 Å². The van der Waals surface area contributed by atoms with Crippen LogP contribution in [0, 0.1) is 0 Å². The normalized spacial score (nSPS) is 18.8. The maximum Gasteiger partial charge on any atom is 0.254 e. The molecule has 1 saturated heterocycles. The number of aromatic amines is 1. The largest absolute Gasteiger partial charge is 0.472 e. The molecule has 1 aliphatic heterocycles. The van der Waals surface area contributed by atoms with Gasteiger partial charge in [-0.25, -0.2) is 9.97 Å². The predicted octanol–water partition coefficient (Wildman–Crippen LogP) is 4.09. The molecule has 7 heteroatoms. The molecule has 1 N–H and O–H groups in total. The third-order valence-electron chi connectivity index (χ3n) is 5.84. The minimum Gasteiger partial charge on any atom is -0.472 e. The van der Waals surface area contributed by atoms with Gasteiger partial charge in [0.2, 0.25) is 5.88 Å². The molecular weight excluding hydrogens is 390 g/mol. The quantitative estimate of drug-likeness (QED) is 0.545. The van der Waals surface area contributed by atoms with E-state index in [0.29, 0.717) is 23.8 Å². The number of hydrogen-bond acceptors (Lipinski definition) is 5. The van der Waals surface area contributed by atoms with Gasteiger partial charge in [0.05, 0.1) is 12.1 Å². The average molecular weight is 413 g/mol. The van der Waals surface area contributed by atoms with E-state index in [-0.39, 0.29) is 18.1 Å². The highest BCUT2D eigenvalue weighted by molar-refractivity contribution is 6.00. The van der Waals surface area contributed by atoms with E-state index in [1.807, 2.05) is 59.5 Å². The number of fused-ring (bicyclic) bond motifs is 1. The summed E-state index contributed by atoms with van der Waals surface area (Å²) >= 11 is 0. The van der Waals surface area contributed by atoms with Crippen molar-refractivity contribution in [1.82, 2.24) is 25.1 Å². The number of aromatic nitrogens is 4. The van der Waals surface area contributed by atoms with Gasteiger partial charge in [0.1, 0.15) is 12.4 Å². The fourth-order valence-electron chi connectivity index (χ4n) is 4.16. The fraction of sp³-hybridized carbons (Fsp3) is 0.250. The molecule has 5 rings (SSSR count). The number of nitrogens with one attached hydrogen (secondary N) is 1. The van der Waals surface area contributed by atoms with Gasteiger partial charge in [0, 0.05) is 23.2 Å². The Balaban J connectivity index is 1.40. The lowest BCUT2D eigenvalue weighted by atomic mass is 9.98. The van der Waals surface area contributed by atoms with E-state index in [1.54, 1.807) is 6.20 Å². The van der Waals surface area contributed by atoms with Crippen LogP contribution in [0.15, 0.2) is 67.1 Å². The van der Waals surface area contributed by atoms with Crippen molar-refractivity contribution in [3.8, 4) is 17.3 Å². The Kier molecular flexibility index (Phi) is 5.08. The lowest BCUT2D eigenvalue weighted by Gasteiger charge is -2.38. The van der Waals surface area contributed by atoms with Gasteiger partial charge in [-0.05, 0) is 43.4 Å². The number of H-pyrrole nitrogens is 1. The Bertz CT molecular complexity index is 1200. The van der Waals surface area contributed by atoms with Crippen LogP contribution < -0.4 is 4.74 Å². The van der Waals surface area contributed by atoms with Gasteiger partial charge in [-0.3, -0.25) is 9.89 Å². The molecule has 156 valence electrons. The first kappa shape index (κ1) is 19.2. The minimum absolute atomic E-state index is 0.0290. The molecule has 2 aromatic carbocycles. The Morgan fingerprint density at radius 3 is 2.77 bits per heavy atom. The molecule has 2 atom stereocenters. The van der Waals surface area contributed by atoms with E-state index in [4.69, 9.17) is 4.74 Å². The number of amides is 1. The van der Waals surface area contributed by atoms with Gasteiger partial charge in [-0.2, -0.15) is 5.10 Å². The van der Waals surface area contributed by atoms with Gasteiger partial charge in [-0.15, -0.1) is 0 Å². The van der Waals surface area contributed by atoms with Crippen molar-refractivity contribution in [2.75, 3.05) is 6.54 Å². The summed E-state index contributed by atoms with van der Waals surface area (Å²) in [6, 6.07) is 17.6. The molecule has 1 fully saturated rings. The minimum atomic E-state index is -0.115. The van der Waals surface area contributed by atoms with Crippen molar-refractivity contribution in [3.05, 3.63) is 72.7 Å². The SMILES string of the molecule is CC1CCC(Oc2nccc3ccccc23)CN1C(=O)c1ccccc1-c1ncn[nH]1. The molecule has 7 nitrogen and oxygen atoms in total. The summed E-state index contributed by atoms with van der Waals surface area (Å²) < 4.78 is 6.30. The van der Waals surface area contributed by atoms with Gasteiger partial charge in [-0.1, -0.05) is 36.4 Å². The number of carbonyl (C=O) groups excluding carboxylic acids is 1. The van der Waals surface area contributed by atoms with Crippen molar-refractivity contribution in [2.45, 2.75) is 31.9 Å². The molecule has 2 aromatic heterocycles. The number of ether oxygens (including phenoxy) is 1. The molecule has 2 unspecified atom stereocenters. The highest BCUT2D eigenvalue weighted by atomic mass is 16.5. The molecule has 3 heterocycles. The molecule has 0 aliphatic carbocycles. The van der Waals surface area contributed by atoms with Crippen molar-refractivity contribution in [3.63, 3.8) is 0 Å². The standard InChI is InChI=1S/C24H23N5O2/c1-16-10-11-18(31-23-19-7-3-2-6-17(19)12-13-25-23)14-29(16)24(30)21-9-5-4-8-20(21)22-26-15-27-28-22/h2-9,12-13,15-16,18H,10-11,14H2,1H3,(H,26,27,28). The van der Waals surface area contributed by atoms with Crippen LogP contribution in [0.4, 0.5) is 0 Å². The number of piperidine rings is 1. The highest BCUT2D eigenvalue weighted by Gasteiger charge is 2.32. The Morgan fingerprint density at radius 2 is 1.90 bits per heavy atom. The van der Waals surface area contributed by atoms with E-state index < -0.39 is 0 Å². The first-order valence-corrected chi connectivity index (χ1v) is 10.5. The third kappa shape index (κ3) is 3.74. The first-order valence-electron chi connectivity index (χ1n) is 10.5. The Labute approximate surface area is 180 Å². The molecule has 0 saturated carbocycles. The maximum atomic E-state index is 13.5. The molecule has 4 aromatic rings. The second-order valence-corrected chi connectivity index (χ2v) is 7.84. The first-order chi connectivity index (χ1) is 15.2. The van der Waals surface area contributed by atoms with Crippen molar-refractivity contribution >= 4 is 16.7 Å². The van der Waals surface area contributed by atoms with E-state index in [9.17, 15) is 4.79 Å². The van der Waals surface area contributed by atoms with Crippen LogP contribution >= 0.6 is 0 Å². The number of hydrogen-bond donors (Lipinski definition) is 1. The molecule has 1 aliphatic rings. The van der Waals surface area contributed by atoms with Gasteiger partial charge in [0.15, 0.2) is 5.82 Å². The van der Waals surface area contributed by atoms with Gasteiger partial charge < -0.3 is 9.64 Å². The monoisotopic (exact) mass is 413 g/mol. The van der Waals surface area contributed by atoms with Crippen LogP contribution in [0.3, 0.4) is 0 Å². The lowest BCUT2D eigenvalue weighted by molar-refractivity contribution is 0.0378. The van der Waals surface area contributed by atoms with E-state index in [0.717, 1.165) is 29.2 Å². The number of carbonyl (C=O) groups is 1. The molecule has 1 amide bonds. The Hall–Kier alpha value is -3.74. The van der Waals surface area contributed by atoms with Crippen LogP contribution in [-0.2, 0) is 0 Å². The number of rotatable bonds is 4. The number of likely N-dealkylation sites (tertiary alicyclic amines) is 1. The second-order valence-electron chi connectivity index (χ2n) is 7.84. The molecule has 31 heavy (non-hydrogen) atoms. The van der Waals surface area contributed by atoms with Crippen LogP contribution in [0.1, 0.15) is 30.1 Å². The van der Waals surface area contributed by atoms with E-state index in [2.05, 4.69) is 27.1 Å². The number of pyridine rings is 1. The van der Waals surface area contributed by atoms with E-state index >= 15 is 0 Å². The van der Waals surface area contributed by atoms with Crippen LogP contribution in [0.2, 0.25) is 0 Å².